The number of carbonyl (C=O) groups excluding carboxylic acids is 1. The van der Waals surface area contributed by atoms with E-state index < -0.39 is 0 Å². The maximum Gasteiger partial charge on any atom is 0.266 e. The van der Waals surface area contributed by atoms with Crippen LogP contribution < -0.4 is 4.90 Å². The van der Waals surface area contributed by atoms with E-state index in [9.17, 15) is 4.79 Å². The molecule has 1 amide bonds. The highest BCUT2D eigenvalue weighted by Crippen LogP contribution is 2.40. The lowest BCUT2D eigenvalue weighted by molar-refractivity contribution is 0.0629. The van der Waals surface area contributed by atoms with Gasteiger partial charge in [0.1, 0.15) is 6.33 Å². The van der Waals surface area contributed by atoms with Crippen LogP contribution in [-0.4, -0.2) is 65.6 Å². The molecule has 3 aliphatic rings. The summed E-state index contributed by atoms with van der Waals surface area (Å²) >= 11 is 0. The first-order valence-corrected chi connectivity index (χ1v) is 11.0. The molecule has 10 nitrogen and oxygen atoms in total. The van der Waals surface area contributed by atoms with E-state index >= 15 is 0 Å². The topological polar surface area (TPSA) is 106 Å². The zero-order valence-corrected chi connectivity index (χ0v) is 17.2. The van der Waals surface area contributed by atoms with Gasteiger partial charge < -0.3 is 14.3 Å². The Hall–Kier alpha value is -3.30. The van der Waals surface area contributed by atoms with Gasteiger partial charge in [-0.15, -0.1) is 0 Å². The molecule has 31 heavy (non-hydrogen) atoms. The Kier molecular flexibility index (Phi) is 4.43. The predicted molar refractivity (Wildman–Crippen MR) is 110 cm³/mol. The normalized spacial score (nSPS) is 19.5. The molecule has 0 N–H and O–H groups in total. The van der Waals surface area contributed by atoms with E-state index in [1.807, 2.05) is 0 Å². The van der Waals surface area contributed by atoms with Crippen molar-refractivity contribution >= 4 is 11.9 Å². The molecule has 2 saturated carbocycles. The van der Waals surface area contributed by atoms with Crippen molar-refractivity contribution in [3.63, 3.8) is 0 Å². The second kappa shape index (κ2) is 7.44. The molecule has 0 atom stereocenters. The zero-order chi connectivity index (χ0) is 20.8. The summed E-state index contributed by atoms with van der Waals surface area (Å²) in [5.41, 5.74) is 0.533. The smallest absolute Gasteiger partial charge is 0.266 e. The minimum Gasteiger partial charge on any atom is -0.338 e. The summed E-state index contributed by atoms with van der Waals surface area (Å²) < 4.78 is 7.13. The lowest BCUT2D eigenvalue weighted by atomic mass is 10.0. The number of nitrogens with zero attached hydrogens (tertiary/aromatic N) is 8. The number of piperidine rings is 1. The molecule has 10 heteroatoms. The second-order valence-corrected chi connectivity index (χ2v) is 8.61. The summed E-state index contributed by atoms with van der Waals surface area (Å²) in [4.78, 5) is 34.9. The van der Waals surface area contributed by atoms with Crippen molar-refractivity contribution in [1.82, 2.24) is 34.6 Å². The highest BCUT2D eigenvalue weighted by atomic mass is 16.5. The van der Waals surface area contributed by atoms with Crippen LogP contribution in [0, 0.1) is 0 Å². The molecule has 0 spiro atoms. The first-order chi connectivity index (χ1) is 15.3. The third-order valence-corrected chi connectivity index (χ3v) is 6.29. The lowest BCUT2D eigenvalue weighted by Gasteiger charge is -2.38. The first kappa shape index (κ1) is 18.5. The summed E-state index contributed by atoms with van der Waals surface area (Å²) in [6, 6.07) is 0.531. The maximum atomic E-state index is 13.3. The fourth-order valence-electron chi connectivity index (χ4n) is 4.27. The number of imidazole rings is 1. The summed E-state index contributed by atoms with van der Waals surface area (Å²) in [6.45, 7) is 1.64. The molecule has 4 heterocycles. The lowest BCUT2D eigenvalue weighted by Crippen LogP contribution is -2.48. The van der Waals surface area contributed by atoms with Gasteiger partial charge in [-0.25, -0.2) is 15.0 Å². The Bertz CT molecular complexity index is 1050. The number of carbonyl (C=O) groups is 1. The van der Waals surface area contributed by atoms with Gasteiger partial charge in [-0.05, 0) is 43.7 Å². The molecule has 3 fully saturated rings. The Balaban J connectivity index is 1.13. The molecule has 6 rings (SSSR count). The summed E-state index contributed by atoms with van der Waals surface area (Å²) in [5.74, 6) is 2.45. The summed E-state index contributed by atoms with van der Waals surface area (Å²) in [5, 5.41) is 4.17. The molecule has 0 unspecified atom stereocenters. The van der Waals surface area contributed by atoms with Crippen molar-refractivity contribution in [2.24, 2.45) is 0 Å². The Morgan fingerprint density at radius 3 is 2.39 bits per heavy atom. The van der Waals surface area contributed by atoms with Crippen LogP contribution in [-0.2, 0) is 0 Å². The molecule has 0 aromatic carbocycles. The molecular formula is C21H24N8O2. The van der Waals surface area contributed by atoms with E-state index in [1.165, 1.54) is 0 Å². The van der Waals surface area contributed by atoms with E-state index in [1.54, 1.807) is 35.7 Å². The number of aromatic nitrogens is 6. The van der Waals surface area contributed by atoms with Gasteiger partial charge in [-0.2, -0.15) is 4.98 Å². The Morgan fingerprint density at radius 2 is 1.74 bits per heavy atom. The average molecular weight is 420 g/mol. The van der Waals surface area contributed by atoms with Gasteiger partial charge in [0.05, 0.1) is 5.56 Å². The maximum absolute atomic E-state index is 13.3. The van der Waals surface area contributed by atoms with Crippen LogP contribution >= 0.6 is 0 Å². The number of anilines is 1. The van der Waals surface area contributed by atoms with Crippen molar-refractivity contribution < 1.29 is 9.32 Å². The van der Waals surface area contributed by atoms with Gasteiger partial charge in [0.15, 0.2) is 0 Å². The first-order valence-electron chi connectivity index (χ1n) is 11.0. The van der Waals surface area contributed by atoms with Crippen LogP contribution in [0.2, 0.25) is 0 Å². The molecule has 3 aromatic heterocycles. The minimum absolute atomic E-state index is 0.0220. The van der Waals surface area contributed by atoms with Gasteiger partial charge in [0.25, 0.3) is 11.9 Å². The highest BCUT2D eigenvalue weighted by Gasteiger charge is 2.40. The van der Waals surface area contributed by atoms with Gasteiger partial charge in [0.2, 0.25) is 11.8 Å². The van der Waals surface area contributed by atoms with Crippen LogP contribution in [0.3, 0.4) is 0 Å². The molecular weight excluding hydrogens is 396 g/mol. The van der Waals surface area contributed by atoms with Crippen molar-refractivity contribution in [2.45, 2.75) is 56.5 Å². The second-order valence-electron chi connectivity index (χ2n) is 8.61. The Morgan fingerprint density at radius 1 is 1.00 bits per heavy atom. The number of amides is 1. The average Bonchev–Trinajstić information content (AvgIpc) is 3.73. The fraction of sp³-hybridized carbons (Fsp3) is 0.524. The van der Waals surface area contributed by atoms with E-state index in [0.29, 0.717) is 29.4 Å². The van der Waals surface area contributed by atoms with Gasteiger partial charge in [-0.3, -0.25) is 9.36 Å². The third kappa shape index (κ3) is 3.66. The standard InChI is InChI=1S/C21H24N8O2/c30-19(15-11-23-20(24-12-15)28-10-7-22-13-28)29(16-3-4-16)17-5-8-27(9-6-17)21-25-18(31-26-21)14-1-2-14/h7,10-14,16-17H,1-6,8-9H2. The quantitative estimate of drug-likeness (QED) is 0.597. The zero-order valence-electron chi connectivity index (χ0n) is 17.2. The number of rotatable bonds is 6. The van der Waals surface area contributed by atoms with Gasteiger partial charge in [0, 0.05) is 55.9 Å². The van der Waals surface area contributed by atoms with Crippen LogP contribution in [0.25, 0.3) is 5.95 Å². The fourth-order valence-corrected chi connectivity index (χ4v) is 4.27. The minimum atomic E-state index is 0.0220. The molecule has 1 aliphatic heterocycles. The Labute approximate surface area is 179 Å². The predicted octanol–water partition coefficient (Wildman–Crippen LogP) is 2.20. The van der Waals surface area contributed by atoms with E-state index in [2.05, 4.69) is 34.9 Å². The summed E-state index contributed by atoms with van der Waals surface area (Å²) in [7, 11) is 0. The third-order valence-electron chi connectivity index (χ3n) is 6.29. The highest BCUT2D eigenvalue weighted by molar-refractivity contribution is 5.94. The SMILES string of the molecule is O=C(c1cnc(-n2ccnc2)nc1)N(C1CC1)C1CCN(c2noc(C3CC3)n2)CC1. The van der Waals surface area contributed by atoms with E-state index in [-0.39, 0.29) is 11.9 Å². The molecule has 2 aliphatic carbocycles. The van der Waals surface area contributed by atoms with E-state index in [0.717, 1.165) is 57.5 Å². The number of hydrogen-bond acceptors (Lipinski definition) is 8. The van der Waals surface area contributed by atoms with E-state index in [4.69, 9.17) is 4.52 Å². The van der Waals surface area contributed by atoms with Crippen LogP contribution in [0.5, 0.6) is 0 Å². The van der Waals surface area contributed by atoms with Crippen molar-refractivity contribution in [2.75, 3.05) is 18.0 Å². The largest absolute Gasteiger partial charge is 0.338 e. The molecule has 0 radical (unpaired) electrons. The van der Waals surface area contributed by atoms with Crippen molar-refractivity contribution in [1.29, 1.82) is 0 Å². The summed E-state index contributed by atoms with van der Waals surface area (Å²) in [6.07, 6.45) is 14.5. The molecule has 1 saturated heterocycles. The molecule has 160 valence electrons. The molecule has 3 aromatic rings. The van der Waals surface area contributed by atoms with Crippen LogP contribution in [0.1, 0.15) is 60.7 Å². The van der Waals surface area contributed by atoms with Crippen molar-refractivity contribution in [3.8, 4) is 5.95 Å². The van der Waals surface area contributed by atoms with Crippen LogP contribution in [0.15, 0.2) is 35.6 Å². The van der Waals surface area contributed by atoms with Crippen molar-refractivity contribution in [3.05, 3.63) is 42.6 Å². The molecule has 0 bridgehead atoms. The monoisotopic (exact) mass is 420 g/mol. The van der Waals surface area contributed by atoms with Gasteiger partial charge >= 0.3 is 0 Å². The van der Waals surface area contributed by atoms with Crippen LogP contribution in [0.4, 0.5) is 5.95 Å². The number of hydrogen-bond donors (Lipinski definition) is 0. The van der Waals surface area contributed by atoms with Gasteiger partial charge in [-0.1, -0.05) is 0 Å².